The molecule has 0 atom stereocenters. The van der Waals surface area contributed by atoms with Crippen molar-refractivity contribution in [1.29, 1.82) is 0 Å². The van der Waals surface area contributed by atoms with Gasteiger partial charge < -0.3 is 10.2 Å². The Kier molecular flexibility index (Phi) is 5.61. The molecule has 0 unspecified atom stereocenters. The van der Waals surface area contributed by atoms with Crippen molar-refractivity contribution in [3.63, 3.8) is 0 Å². The Morgan fingerprint density at radius 3 is 2.62 bits per heavy atom. The Morgan fingerprint density at radius 1 is 1.10 bits per heavy atom. The Labute approximate surface area is 128 Å². The zero-order valence-electron chi connectivity index (χ0n) is 13.3. The smallest absolute Gasteiger partial charge is 0.130 e. The summed E-state index contributed by atoms with van der Waals surface area (Å²) in [5.41, 5.74) is 3.85. The van der Waals surface area contributed by atoms with Gasteiger partial charge in [0.25, 0.3) is 0 Å². The standard InChI is InChI=1S/C18H25N3/c1-4-12-19-18-16(10-8-13-20-18)14-21(5-2)17-11-7-6-9-15(17)3/h6-11,13H,4-5,12,14H2,1-3H3,(H,19,20). The average molecular weight is 283 g/mol. The van der Waals surface area contributed by atoms with Crippen molar-refractivity contribution in [2.24, 2.45) is 0 Å². The first-order valence-electron chi connectivity index (χ1n) is 7.74. The normalized spacial score (nSPS) is 10.4. The van der Waals surface area contributed by atoms with Gasteiger partial charge in [-0.15, -0.1) is 0 Å². The van der Waals surface area contributed by atoms with Gasteiger partial charge in [0.15, 0.2) is 0 Å². The lowest BCUT2D eigenvalue weighted by Gasteiger charge is -2.26. The topological polar surface area (TPSA) is 28.2 Å². The van der Waals surface area contributed by atoms with Crippen molar-refractivity contribution >= 4 is 11.5 Å². The fraction of sp³-hybridized carbons (Fsp3) is 0.389. The molecule has 0 amide bonds. The molecular formula is C18H25N3. The van der Waals surface area contributed by atoms with Gasteiger partial charge in [0.05, 0.1) is 0 Å². The first-order chi connectivity index (χ1) is 10.3. The molecule has 21 heavy (non-hydrogen) atoms. The van der Waals surface area contributed by atoms with E-state index < -0.39 is 0 Å². The maximum atomic E-state index is 4.48. The Hall–Kier alpha value is -2.03. The highest BCUT2D eigenvalue weighted by molar-refractivity contribution is 5.55. The van der Waals surface area contributed by atoms with E-state index in [0.717, 1.165) is 31.9 Å². The molecule has 0 radical (unpaired) electrons. The Bertz CT molecular complexity index is 566. The van der Waals surface area contributed by atoms with Crippen LogP contribution in [0.1, 0.15) is 31.4 Å². The number of nitrogens with zero attached hydrogens (tertiary/aromatic N) is 2. The maximum Gasteiger partial charge on any atom is 0.130 e. The molecule has 2 rings (SSSR count). The summed E-state index contributed by atoms with van der Waals surface area (Å²) in [4.78, 5) is 6.87. The van der Waals surface area contributed by atoms with Crippen LogP contribution >= 0.6 is 0 Å². The minimum absolute atomic E-state index is 0.876. The monoisotopic (exact) mass is 283 g/mol. The molecule has 0 saturated carbocycles. The zero-order valence-corrected chi connectivity index (χ0v) is 13.3. The van der Waals surface area contributed by atoms with Crippen molar-refractivity contribution < 1.29 is 0 Å². The zero-order chi connectivity index (χ0) is 15.1. The van der Waals surface area contributed by atoms with E-state index in [0.29, 0.717) is 0 Å². The fourth-order valence-corrected chi connectivity index (χ4v) is 2.46. The second kappa shape index (κ2) is 7.67. The van der Waals surface area contributed by atoms with Crippen molar-refractivity contribution in [3.8, 4) is 0 Å². The molecule has 1 heterocycles. The first-order valence-corrected chi connectivity index (χ1v) is 7.74. The predicted octanol–water partition coefficient (Wildman–Crippen LogP) is 4.24. The highest BCUT2D eigenvalue weighted by Crippen LogP contribution is 2.23. The molecule has 3 heteroatoms. The maximum absolute atomic E-state index is 4.48. The number of benzene rings is 1. The number of nitrogens with one attached hydrogen (secondary N) is 1. The minimum Gasteiger partial charge on any atom is -0.370 e. The van der Waals surface area contributed by atoms with Gasteiger partial charge in [-0.1, -0.05) is 31.2 Å². The molecule has 0 saturated heterocycles. The van der Waals surface area contributed by atoms with Gasteiger partial charge in [0, 0.05) is 37.1 Å². The Balaban J connectivity index is 2.21. The number of aryl methyl sites for hydroxylation is 1. The summed E-state index contributed by atoms with van der Waals surface area (Å²) >= 11 is 0. The molecule has 0 aliphatic carbocycles. The summed E-state index contributed by atoms with van der Waals surface area (Å²) in [6.45, 7) is 9.34. The van der Waals surface area contributed by atoms with Crippen LogP contribution < -0.4 is 10.2 Å². The Morgan fingerprint density at radius 2 is 1.90 bits per heavy atom. The van der Waals surface area contributed by atoms with Gasteiger partial charge in [-0.3, -0.25) is 0 Å². The van der Waals surface area contributed by atoms with E-state index in [-0.39, 0.29) is 0 Å². The molecule has 0 aliphatic rings. The van der Waals surface area contributed by atoms with Crippen LogP contribution in [0.15, 0.2) is 42.6 Å². The number of rotatable bonds is 7. The predicted molar refractivity (Wildman–Crippen MR) is 90.9 cm³/mol. The van der Waals surface area contributed by atoms with Crippen LogP contribution in [0.2, 0.25) is 0 Å². The van der Waals surface area contributed by atoms with Crippen LogP contribution in [-0.2, 0) is 6.54 Å². The van der Waals surface area contributed by atoms with E-state index >= 15 is 0 Å². The third-order valence-electron chi connectivity index (χ3n) is 3.63. The first kappa shape index (κ1) is 15.4. The summed E-state index contributed by atoms with van der Waals surface area (Å²) in [6.07, 6.45) is 2.96. The quantitative estimate of drug-likeness (QED) is 0.824. The molecule has 2 aromatic rings. The molecule has 3 nitrogen and oxygen atoms in total. The molecule has 0 aliphatic heterocycles. The molecule has 112 valence electrons. The van der Waals surface area contributed by atoms with Crippen LogP contribution in [0.3, 0.4) is 0 Å². The summed E-state index contributed by atoms with van der Waals surface area (Å²) in [6, 6.07) is 12.7. The molecular weight excluding hydrogens is 258 g/mol. The van der Waals surface area contributed by atoms with E-state index in [1.807, 2.05) is 12.3 Å². The SMILES string of the molecule is CCCNc1ncccc1CN(CC)c1ccccc1C. The summed E-state index contributed by atoms with van der Waals surface area (Å²) in [5, 5.41) is 3.42. The molecule has 0 fully saturated rings. The van der Waals surface area contributed by atoms with Crippen molar-refractivity contribution in [1.82, 2.24) is 4.98 Å². The number of pyridine rings is 1. The van der Waals surface area contributed by atoms with Gasteiger partial charge >= 0.3 is 0 Å². The van der Waals surface area contributed by atoms with E-state index in [9.17, 15) is 0 Å². The number of hydrogen-bond donors (Lipinski definition) is 1. The number of hydrogen-bond acceptors (Lipinski definition) is 3. The summed E-state index contributed by atoms with van der Waals surface area (Å²) in [7, 11) is 0. The van der Waals surface area contributed by atoms with E-state index in [1.54, 1.807) is 0 Å². The van der Waals surface area contributed by atoms with E-state index in [2.05, 4.69) is 66.3 Å². The van der Waals surface area contributed by atoms with Gasteiger partial charge in [0.2, 0.25) is 0 Å². The second-order valence-corrected chi connectivity index (χ2v) is 5.24. The number of anilines is 2. The van der Waals surface area contributed by atoms with Crippen molar-refractivity contribution in [2.45, 2.75) is 33.7 Å². The van der Waals surface area contributed by atoms with Crippen LogP contribution in [0.4, 0.5) is 11.5 Å². The third-order valence-corrected chi connectivity index (χ3v) is 3.63. The van der Waals surface area contributed by atoms with Crippen LogP contribution in [0.25, 0.3) is 0 Å². The molecule has 1 N–H and O–H groups in total. The average Bonchev–Trinajstić information content (AvgIpc) is 2.52. The number of para-hydroxylation sites is 1. The van der Waals surface area contributed by atoms with Gasteiger partial charge in [-0.05, 0) is 38.0 Å². The molecule has 0 bridgehead atoms. The highest BCUT2D eigenvalue weighted by Gasteiger charge is 2.10. The van der Waals surface area contributed by atoms with Crippen LogP contribution in [0.5, 0.6) is 0 Å². The van der Waals surface area contributed by atoms with Gasteiger partial charge in [-0.2, -0.15) is 0 Å². The number of aromatic nitrogens is 1. The van der Waals surface area contributed by atoms with E-state index in [1.165, 1.54) is 16.8 Å². The molecule has 0 spiro atoms. The highest BCUT2D eigenvalue weighted by atomic mass is 15.1. The van der Waals surface area contributed by atoms with Crippen LogP contribution in [0, 0.1) is 6.92 Å². The van der Waals surface area contributed by atoms with Gasteiger partial charge in [-0.25, -0.2) is 4.98 Å². The largest absolute Gasteiger partial charge is 0.370 e. The van der Waals surface area contributed by atoms with Crippen molar-refractivity contribution in [3.05, 3.63) is 53.7 Å². The van der Waals surface area contributed by atoms with Crippen LogP contribution in [-0.4, -0.2) is 18.1 Å². The second-order valence-electron chi connectivity index (χ2n) is 5.24. The summed E-state index contributed by atoms with van der Waals surface area (Å²) < 4.78 is 0. The third kappa shape index (κ3) is 3.97. The lowest BCUT2D eigenvalue weighted by Crippen LogP contribution is -2.23. The minimum atomic E-state index is 0.876. The lowest BCUT2D eigenvalue weighted by molar-refractivity contribution is 0.823. The molecule has 1 aromatic heterocycles. The molecule has 1 aromatic carbocycles. The fourth-order valence-electron chi connectivity index (χ4n) is 2.46. The summed E-state index contributed by atoms with van der Waals surface area (Å²) in [5.74, 6) is 1.01. The van der Waals surface area contributed by atoms with Gasteiger partial charge in [0.1, 0.15) is 5.82 Å². The van der Waals surface area contributed by atoms with E-state index in [4.69, 9.17) is 0 Å². The van der Waals surface area contributed by atoms with Crippen molar-refractivity contribution in [2.75, 3.05) is 23.3 Å². The lowest BCUT2D eigenvalue weighted by atomic mass is 10.1.